The lowest BCUT2D eigenvalue weighted by molar-refractivity contribution is -0.116. The van der Waals surface area contributed by atoms with Crippen LogP contribution in [0.5, 0.6) is 5.75 Å². The Kier molecular flexibility index (Phi) is 4.24. The molecule has 7 heteroatoms. The van der Waals surface area contributed by atoms with E-state index in [2.05, 4.69) is 5.32 Å². The van der Waals surface area contributed by atoms with Crippen LogP contribution in [0.3, 0.4) is 0 Å². The summed E-state index contributed by atoms with van der Waals surface area (Å²) in [5, 5.41) is 2.83. The molecule has 2 unspecified atom stereocenters. The van der Waals surface area contributed by atoms with E-state index in [9.17, 15) is 13.2 Å². The van der Waals surface area contributed by atoms with Crippen molar-refractivity contribution in [3.63, 3.8) is 0 Å². The molecule has 1 aliphatic heterocycles. The Morgan fingerprint density at radius 1 is 1.26 bits per heavy atom. The van der Waals surface area contributed by atoms with Crippen LogP contribution in [0.2, 0.25) is 0 Å². The fraction of sp³-hybridized carbons (Fsp3) is 0.350. The van der Waals surface area contributed by atoms with Crippen LogP contribution in [0.25, 0.3) is 0 Å². The van der Waals surface area contributed by atoms with Crippen molar-refractivity contribution in [1.82, 2.24) is 4.31 Å². The summed E-state index contributed by atoms with van der Waals surface area (Å²) in [5.74, 6) is 0.108. The zero-order valence-corrected chi connectivity index (χ0v) is 16.1. The summed E-state index contributed by atoms with van der Waals surface area (Å²) in [5.41, 5.74) is 2.36. The monoisotopic (exact) mass is 386 g/mol. The molecule has 2 aromatic rings. The van der Waals surface area contributed by atoms with Crippen molar-refractivity contribution in [3.8, 4) is 5.75 Å². The van der Waals surface area contributed by atoms with Crippen molar-refractivity contribution in [3.05, 3.63) is 59.7 Å². The van der Waals surface area contributed by atoms with E-state index in [1.54, 1.807) is 19.2 Å². The van der Waals surface area contributed by atoms with Crippen molar-refractivity contribution in [2.75, 3.05) is 19.0 Å². The van der Waals surface area contributed by atoms with Gasteiger partial charge in [-0.3, -0.25) is 4.79 Å². The van der Waals surface area contributed by atoms with Crippen molar-refractivity contribution in [1.29, 1.82) is 0 Å². The molecule has 4 rings (SSSR count). The summed E-state index contributed by atoms with van der Waals surface area (Å²) in [6.45, 7) is 2.55. The first-order chi connectivity index (χ1) is 12.9. The summed E-state index contributed by atoms with van der Waals surface area (Å²) in [6, 6.07) is 14.7. The molecule has 0 bridgehead atoms. The molecule has 142 valence electrons. The number of amides is 1. The molecule has 2 atom stereocenters. The number of benzene rings is 2. The van der Waals surface area contributed by atoms with Gasteiger partial charge in [-0.05, 0) is 42.7 Å². The molecule has 27 heavy (non-hydrogen) atoms. The predicted molar refractivity (Wildman–Crippen MR) is 103 cm³/mol. The number of rotatable bonds is 5. The van der Waals surface area contributed by atoms with E-state index in [1.807, 2.05) is 43.3 Å². The summed E-state index contributed by atoms with van der Waals surface area (Å²) >= 11 is 0. The number of nitrogens with one attached hydrogen (secondary N) is 1. The minimum absolute atomic E-state index is 0.148. The smallest absolute Gasteiger partial charge is 0.247 e. The van der Waals surface area contributed by atoms with E-state index in [1.165, 1.54) is 4.31 Å². The number of carbonyl (C=O) groups excluding carboxylic acids is 1. The van der Waals surface area contributed by atoms with E-state index in [4.69, 9.17) is 4.74 Å². The minimum atomic E-state index is -3.70. The largest absolute Gasteiger partial charge is 0.497 e. The Bertz CT molecular complexity index is 990. The maximum absolute atomic E-state index is 13.1. The van der Waals surface area contributed by atoms with Gasteiger partial charge in [-0.2, -0.15) is 4.31 Å². The zero-order valence-electron chi connectivity index (χ0n) is 15.3. The van der Waals surface area contributed by atoms with Crippen LogP contribution in [0.15, 0.2) is 48.5 Å². The van der Waals surface area contributed by atoms with Crippen molar-refractivity contribution >= 4 is 21.6 Å². The summed E-state index contributed by atoms with van der Waals surface area (Å²) in [6.07, 6.45) is 0.391. The van der Waals surface area contributed by atoms with Gasteiger partial charge in [-0.25, -0.2) is 8.42 Å². The van der Waals surface area contributed by atoms with E-state index < -0.39 is 20.7 Å². The molecule has 0 spiro atoms. The second-order valence-electron chi connectivity index (χ2n) is 7.21. The number of carbonyl (C=O) groups is 1. The maximum Gasteiger partial charge on any atom is 0.247 e. The first-order valence-corrected chi connectivity index (χ1v) is 10.3. The van der Waals surface area contributed by atoms with Crippen molar-refractivity contribution < 1.29 is 17.9 Å². The van der Waals surface area contributed by atoms with Crippen molar-refractivity contribution in [2.45, 2.75) is 24.6 Å². The second-order valence-corrected chi connectivity index (χ2v) is 9.40. The van der Waals surface area contributed by atoms with Crippen LogP contribution >= 0.6 is 0 Å². The lowest BCUT2D eigenvalue weighted by atomic mass is 10.1. The number of nitrogens with zero attached hydrogens (tertiary/aromatic N) is 1. The van der Waals surface area contributed by atoms with Crippen LogP contribution in [0.1, 0.15) is 17.5 Å². The van der Waals surface area contributed by atoms with Crippen molar-refractivity contribution in [2.24, 2.45) is 5.92 Å². The number of anilines is 1. The molecular formula is C20H22N2O4S. The van der Waals surface area contributed by atoms with Gasteiger partial charge in [0.2, 0.25) is 15.9 Å². The van der Waals surface area contributed by atoms with Gasteiger partial charge in [-0.1, -0.05) is 30.3 Å². The lowest BCUT2D eigenvalue weighted by Gasteiger charge is -2.21. The highest BCUT2D eigenvalue weighted by Gasteiger charge is 2.75. The topological polar surface area (TPSA) is 75.7 Å². The third-order valence-electron chi connectivity index (χ3n) is 5.54. The van der Waals surface area contributed by atoms with E-state index in [0.717, 1.165) is 11.1 Å². The van der Waals surface area contributed by atoms with Crippen LogP contribution in [0.4, 0.5) is 5.69 Å². The van der Waals surface area contributed by atoms with E-state index >= 15 is 0 Å². The van der Waals surface area contributed by atoms with Crippen LogP contribution in [-0.2, 0) is 21.4 Å². The Morgan fingerprint density at radius 2 is 2.00 bits per heavy atom. The molecule has 1 heterocycles. The number of ether oxygens (including phenoxy) is 1. The SMILES string of the molecule is COc1ccc(NC(=O)C23CC2CN(Cc2ccccc2)S3(=O)=O)c(C)c1. The fourth-order valence-electron chi connectivity index (χ4n) is 3.87. The Balaban J connectivity index is 1.55. The van der Waals surface area contributed by atoms with Gasteiger partial charge in [0.15, 0.2) is 4.75 Å². The van der Waals surface area contributed by atoms with Crippen LogP contribution in [-0.4, -0.2) is 37.0 Å². The van der Waals surface area contributed by atoms with Gasteiger partial charge in [0.25, 0.3) is 0 Å². The lowest BCUT2D eigenvalue weighted by Crippen LogP contribution is -2.42. The van der Waals surface area contributed by atoms with Gasteiger partial charge in [0, 0.05) is 24.7 Å². The number of fused-ring (bicyclic) bond motifs is 1. The molecule has 0 radical (unpaired) electrons. The molecule has 1 aliphatic carbocycles. The highest BCUT2D eigenvalue weighted by atomic mass is 32.2. The van der Waals surface area contributed by atoms with Gasteiger partial charge in [0.05, 0.1) is 7.11 Å². The molecule has 1 N–H and O–H groups in total. The minimum Gasteiger partial charge on any atom is -0.497 e. The number of hydrogen-bond donors (Lipinski definition) is 1. The predicted octanol–water partition coefficient (Wildman–Crippen LogP) is 2.55. The van der Waals surface area contributed by atoms with Gasteiger partial charge in [0.1, 0.15) is 5.75 Å². The molecule has 1 saturated heterocycles. The first kappa shape index (κ1) is 18.0. The number of methoxy groups -OCH3 is 1. The van der Waals surface area contributed by atoms with E-state index in [0.29, 0.717) is 30.9 Å². The molecule has 2 aliphatic rings. The average molecular weight is 386 g/mol. The Morgan fingerprint density at radius 3 is 2.67 bits per heavy atom. The van der Waals surface area contributed by atoms with E-state index in [-0.39, 0.29) is 5.92 Å². The number of aryl methyl sites for hydroxylation is 1. The Hall–Kier alpha value is -2.38. The van der Waals surface area contributed by atoms with Crippen LogP contribution < -0.4 is 10.1 Å². The highest BCUT2D eigenvalue weighted by Crippen LogP contribution is 2.58. The summed E-state index contributed by atoms with van der Waals surface area (Å²) in [4.78, 5) is 13.0. The van der Waals surface area contributed by atoms with Gasteiger partial charge >= 0.3 is 0 Å². The summed E-state index contributed by atoms with van der Waals surface area (Å²) < 4.78 is 31.5. The van der Waals surface area contributed by atoms with Gasteiger partial charge < -0.3 is 10.1 Å². The average Bonchev–Trinajstić information content (AvgIpc) is 3.35. The third kappa shape index (κ3) is 2.82. The molecule has 2 aromatic carbocycles. The van der Waals surface area contributed by atoms with Gasteiger partial charge in [-0.15, -0.1) is 0 Å². The number of sulfonamides is 1. The molecule has 1 amide bonds. The highest BCUT2D eigenvalue weighted by molar-refractivity contribution is 7.92. The molecule has 6 nitrogen and oxygen atoms in total. The molecule has 0 aromatic heterocycles. The maximum atomic E-state index is 13.1. The fourth-order valence-corrected chi connectivity index (χ4v) is 6.22. The third-order valence-corrected chi connectivity index (χ3v) is 8.11. The Labute approximate surface area is 159 Å². The number of hydrogen-bond acceptors (Lipinski definition) is 4. The molecular weight excluding hydrogens is 364 g/mol. The normalized spacial score (nSPS) is 25.6. The van der Waals surface area contributed by atoms with Crippen LogP contribution in [0, 0.1) is 12.8 Å². The summed E-state index contributed by atoms with van der Waals surface area (Å²) in [7, 11) is -2.12. The molecule has 1 saturated carbocycles. The second kappa shape index (κ2) is 6.35. The molecule has 2 fully saturated rings. The quantitative estimate of drug-likeness (QED) is 0.857. The first-order valence-electron chi connectivity index (χ1n) is 8.88. The zero-order chi connectivity index (χ0) is 19.2. The standard InChI is InChI=1S/C20H22N2O4S/c1-14-10-17(26-2)8-9-18(14)21-19(23)20-11-16(20)13-22(27(20,24)25)12-15-6-4-3-5-7-15/h3-10,16H,11-13H2,1-2H3,(H,21,23).